The van der Waals surface area contributed by atoms with Crippen LogP contribution in [0.3, 0.4) is 0 Å². The van der Waals surface area contributed by atoms with E-state index >= 15 is 0 Å². The molecular weight excluding hydrogens is 196 g/mol. The lowest BCUT2D eigenvalue weighted by atomic mass is 10.1. The standard InChI is InChI=1S/C15H17O/c1-11-9-12-7-5-6-8-13(12)10-14(11)16-15(2,3)4/h5-10H,1H2,2-4H3. The largest absolute Gasteiger partial charge is 0.488 e. The molecule has 2 aromatic carbocycles. The second-order valence-corrected chi connectivity index (χ2v) is 5.02. The molecule has 0 heterocycles. The summed E-state index contributed by atoms with van der Waals surface area (Å²) in [4.78, 5) is 0. The molecule has 0 unspecified atom stereocenters. The summed E-state index contributed by atoms with van der Waals surface area (Å²) in [6.07, 6.45) is 0. The van der Waals surface area contributed by atoms with Crippen LogP contribution in [0, 0.1) is 6.92 Å². The minimum absolute atomic E-state index is 0.186. The Kier molecular flexibility index (Phi) is 2.63. The van der Waals surface area contributed by atoms with Crippen molar-refractivity contribution in [1.82, 2.24) is 0 Å². The van der Waals surface area contributed by atoms with E-state index in [-0.39, 0.29) is 5.60 Å². The van der Waals surface area contributed by atoms with Crippen molar-refractivity contribution in [3.63, 3.8) is 0 Å². The second kappa shape index (κ2) is 3.82. The highest BCUT2D eigenvalue weighted by Crippen LogP contribution is 2.28. The molecule has 0 atom stereocenters. The van der Waals surface area contributed by atoms with Crippen LogP contribution in [-0.2, 0) is 0 Å². The highest BCUT2D eigenvalue weighted by molar-refractivity contribution is 5.85. The van der Waals surface area contributed by atoms with Gasteiger partial charge in [0.25, 0.3) is 0 Å². The van der Waals surface area contributed by atoms with Crippen molar-refractivity contribution >= 4 is 10.8 Å². The summed E-state index contributed by atoms with van der Waals surface area (Å²) in [5, 5.41) is 2.39. The van der Waals surface area contributed by atoms with Crippen molar-refractivity contribution in [3.8, 4) is 5.75 Å². The average molecular weight is 213 g/mol. The minimum Gasteiger partial charge on any atom is -0.488 e. The van der Waals surface area contributed by atoms with Gasteiger partial charge in [0.05, 0.1) is 0 Å². The molecule has 0 amide bonds. The van der Waals surface area contributed by atoms with Crippen molar-refractivity contribution in [2.75, 3.05) is 0 Å². The Hall–Kier alpha value is -1.50. The van der Waals surface area contributed by atoms with Crippen LogP contribution >= 0.6 is 0 Å². The van der Waals surface area contributed by atoms with Crippen molar-refractivity contribution in [1.29, 1.82) is 0 Å². The van der Waals surface area contributed by atoms with Crippen molar-refractivity contribution < 1.29 is 4.74 Å². The van der Waals surface area contributed by atoms with Crippen molar-refractivity contribution in [3.05, 3.63) is 48.9 Å². The third-order valence-corrected chi connectivity index (χ3v) is 2.34. The maximum atomic E-state index is 5.88. The molecular formula is C15H17O. The average Bonchev–Trinajstić information content (AvgIpc) is 2.17. The second-order valence-electron chi connectivity index (χ2n) is 5.02. The summed E-state index contributed by atoms with van der Waals surface area (Å²) in [5.74, 6) is 0.867. The number of fused-ring (bicyclic) bond motifs is 1. The summed E-state index contributed by atoms with van der Waals surface area (Å²) in [6.45, 7) is 10.2. The Balaban J connectivity index is 2.50. The molecule has 0 fully saturated rings. The topological polar surface area (TPSA) is 9.23 Å². The first kappa shape index (κ1) is 11.0. The number of rotatable bonds is 1. The quantitative estimate of drug-likeness (QED) is 0.690. The van der Waals surface area contributed by atoms with E-state index in [1.165, 1.54) is 10.8 Å². The molecule has 2 aromatic rings. The van der Waals surface area contributed by atoms with Gasteiger partial charge in [-0.15, -0.1) is 0 Å². The van der Waals surface area contributed by atoms with Crippen molar-refractivity contribution in [2.24, 2.45) is 0 Å². The molecule has 0 spiro atoms. The Labute approximate surface area is 97.1 Å². The molecule has 83 valence electrons. The lowest BCUT2D eigenvalue weighted by Crippen LogP contribution is -2.23. The molecule has 0 saturated carbocycles. The predicted molar refractivity (Wildman–Crippen MR) is 68.8 cm³/mol. The zero-order chi connectivity index (χ0) is 11.8. The summed E-state index contributed by atoms with van der Waals surface area (Å²) in [6, 6.07) is 12.4. The predicted octanol–water partition coefficient (Wildman–Crippen LogP) is 4.20. The van der Waals surface area contributed by atoms with E-state index in [0.29, 0.717) is 0 Å². The molecule has 2 rings (SSSR count). The molecule has 1 nitrogen and oxygen atoms in total. The van der Waals surface area contributed by atoms with Gasteiger partial charge in [-0.3, -0.25) is 0 Å². The summed E-state index contributed by atoms with van der Waals surface area (Å²) in [7, 11) is 0. The third-order valence-electron chi connectivity index (χ3n) is 2.34. The third kappa shape index (κ3) is 2.35. The Morgan fingerprint density at radius 2 is 1.56 bits per heavy atom. The van der Waals surface area contributed by atoms with Gasteiger partial charge in [-0.1, -0.05) is 24.3 Å². The first-order valence-corrected chi connectivity index (χ1v) is 5.49. The zero-order valence-corrected chi connectivity index (χ0v) is 10.1. The lowest BCUT2D eigenvalue weighted by Gasteiger charge is -2.23. The molecule has 0 aliphatic heterocycles. The van der Waals surface area contributed by atoms with Crippen LogP contribution in [0.2, 0.25) is 0 Å². The van der Waals surface area contributed by atoms with Crippen LogP contribution in [0.5, 0.6) is 5.75 Å². The van der Waals surface area contributed by atoms with E-state index in [9.17, 15) is 0 Å². The van der Waals surface area contributed by atoms with Crippen LogP contribution in [-0.4, -0.2) is 5.60 Å². The van der Waals surface area contributed by atoms with Gasteiger partial charge in [0.2, 0.25) is 0 Å². The van der Waals surface area contributed by atoms with Gasteiger partial charge >= 0.3 is 0 Å². The van der Waals surface area contributed by atoms with Gasteiger partial charge < -0.3 is 4.74 Å². The maximum absolute atomic E-state index is 5.88. The van der Waals surface area contributed by atoms with Crippen LogP contribution in [0.1, 0.15) is 26.3 Å². The molecule has 0 N–H and O–H groups in total. The fourth-order valence-corrected chi connectivity index (χ4v) is 1.69. The first-order chi connectivity index (χ1) is 7.46. The highest BCUT2D eigenvalue weighted by Gasteiger charge is 2.13. The monoisotopic (exact) mass is 213 g/mol. The van der Waals surface area contributed by atoms with E-state index < -0.39 is 0 Å². The van der Waals surface area contributed by atoms with Gasteiger partial charge in [0.15, 0.2) is 0 Å². The molecule has 0 saturated heterocycles. The molecule has 0 aromatic heterocycles. The Morgan fingerprint density at radius 1 is 1.00 bits per heavy atom. The first-order valence-electron chi connectivity index (χ1n) is 5.49. The number of hydrogen-bond acceptors (Lipinski definition) is 1. The van der Waals surface area contributed by atoms with Gasteiger partial charge in [-0.25, -0.2) is 0 Å². The van der Waals surface area contributed by atoms with Crippen molar-refractivity contribution in [2.45, 2.75) is 26.4 Å². The normalized spacial score (nSPS) is 11.8. The van der Waals surface area contributed by atoms with Crippen LogP contribution in [0.4, 0.5) is 0 Å². The van der Waals surface area contributed by atoms with Crippen LogP contribution < -0.4 is 4.74 Å². The number of benzene rings is 2. The van der Waals surface area contributed by atoms with E-state index in [4.69, 9.17) is 4.74 Å². The molecule has 1 heteroatoms. The highest BCUT2D eigenvalue weighted by atomic mass is 16.5. The van der Waals surface area contributed by atoms with Crippen LogP contribution in [0.25, 0.3) is 10.8 Å². The zero-order valence-electron chi connectivity index (χ0n) is 10.1. The molecule has 16 heavy (non-hydrogen) atoms. The van der Waals surface area contributed by atoms with Gasteiger partial charge in [0, 0.05) is 0 Å². The van der Waals surface area contributed by atoms with Crippen LogP contribution in [0.15, 0.2) is 36.4 Å². The van der Waals surface area contributed by atoms with Gasteiger partial charge in [-0.05, 0) is 56.2 Å². The molecule has 0 aliphatic carbocycles. The van der Waals surface area contributed by atoms with E-state index in [1.54, 1.807) is 0 Å². The lowest BCUT2D eigenvalue weighted by molar-refractivity contribution is 0.130. The summed E-state index contributed by atoms with van der Waals surface area (Å²) in [5.41, 5.74) is 0.753. The summed E-state index contributed by atoms with van der Waals surface area (Å²) >= 11 is 0. The van der Waals surface area contributed by atoms with Gasteiger partial charge in [-0.2, -0.15) is 0 Å². The maximum Gasteiger partial charge on any atom is 0.123 e. The smallest absolute Gasteiger partial charge is 0.123 e. The number of hydrogen-bond donors (Lipinski definition) is 0. The SMILES string of the molecule is [CH2]c1cc2ccccc2cc1OC(C)(C)C. The molecule has 0 bridgehead atoms. The Morgan fingerprint density at radius 3 is 2.12 bits per heavy atom. The molecule has 0 aliphatic rings. The van der Waals surface area contributed by atoms with Gasteiger partial charge in [0.1, 0.15) is 11.4 Å². The molecule has 1 radical (unpaired) electrons. The summed E-state index contributed by atoms with van der Waals surface area (Å²) < 4.78 is 5.88. The van der Waals surface area contributed by atoms with E-state index in [0.717, 1.165) is 11.3 Å². The number of ether oxygens (including phenoxy) is 1. The fraction of sp³-hybridized carbons (Fsp3) is 0.267. The van der Waals surface area contributed by atoms with E-state index in [2.05, 4.69) is 31.2 Å². The fourth-order valence-electron chi connectivity index (χ4n) is 1.69. The minimum atomic E-state index is -0.186. The van der Waals surface area contributed by atoms with E-state index in [1.807, 2.05) is 32.9 Å². The Bertz CT molecular complexity index is 506.